The highest BCUT2D eigenvalue weighted by atomic mass is 16.6. The lowest BCUT2D eigenvalue weighted by molar-refractivity contribution is -0.120. The summed E-state index contributed by atoms with van der Waals surface area (Å²) in [5.74, 6) is -0.446. The minimum absolute atomic E-state index is 0.0969. The van der Waals surface area contributed by atoms with Crippen LogP contribution in [-0.2, 0) is 20.9 Å². The van der Waals surface area contributed by atoms with Gasteiger partial charge in [0.2, 0.25) is 11.8 Å². The van der Waals surface area contributed by atoms with Crippen LogP contribution in [0.4, 0.5) is 10.5 Å². The first kappa shape index (κ1) is 19.5. The largest absolute Gasteiger partial charge is 0.444 e. The number of rotatable bonds is 6. The summed E-state index contributed by atoms with van der Waals surface area (Å²) < 4.78 is 5.05. The van der Waals surface area contributed by atoms with Crippen LogP contribution in [0.5, 0.6) is 0 Å². The van der Waals surface area contributed by atoms with E-state index in [2.05, 4.69) is 16.0 Å². The van der Waals surface area contributed by atoms with Gasteiger partial charge in [-0.3, -0.25) is 9.59 Å². The van der Waals surface area contributed by atoms with Crippen LogP contribution in [0.15, 0.2) is 24.3 Å². The zero-order valence-corrected chi connectivity index (χ0v) is 14.6. The van der Waals surface area contributed by atoms with Gasteiger partial charge >= 0.3 is 6.09 Å². The molecule has 3 amide bonds. The van der Waals surface area contributed by atoms with Crippen molar-refractivity contribution in [1.29, 1.82) is 0 Å². The van der Waals surface area contributed by atoms with Gasteiger partial charge in [0.25, 0.3) is 0 Å². The third kappa shape index (κ3) is 7.62. The van der Waals surface area contributed by atoms with Gasteiger partial charge in [-0.1, -0.05) is 25.1 Å². The van der Waals surface area contributed by atoms with Crippen molar-refractivity contribution < 1.29 is 19.1 Å². The Morgan fingerprint density at radius 2 is 1.71 bits per heavy atom. The molecule has 0 unspecified atom stereocenters. The van der Waals surface area contributed by atoms with E-state index in [4.69, 9.17) is 4.74 Å². The molecule has 132 valence electrons. The second-order valence-electron chi connectivity index (χ2n) is 6.19. The number of amides is 3. The molecule has 0 atom stereocenters. The molecule has 1 rings (SSSR count). The third-order valence-corrected chi connectivity index (χ3v) is 2.88. The average Bonchev–Trinajstić information content (AvgIpc) is 2.50. The van der Waals surface area contributed by atoms with Gasteiger partial charge in [-0.2, -0.15) is 0 Å². The topological polar surface area (TPSA) is 96.5 Å². The van der Waals surface area contributed by atoms with Gasteiger partial charge < -0.3 is 20.7 Å². The standard InChI is InChI=1S/C17H25N3O4/c1-5-14(21)20-13-9-7-6-8-12(13)10-18-15(22)11-19-16(23)24-17(2,3)4/h6-9H,5,10-11H2,1-4H3,(H,18,22)(H,19,23)(H,20,21). The summed E-state index contributed by atoms with van der Waals surface area (Å²) in [6.45, 7) is 7.06. The zero-order valence-electron chi connectivity index (χ0n) is 14.6. The van der Waals surface area contributed by atoms with E-state index in [9.17, 15) is 14.4 Å². The Balaban J connectivity index is 2.47. The van der Waals surface area contributed by atoms with E-state index in [0.29, 0.717) is 12.1 Å². The van der Waals surface area contributed by atoms with Crippen LogP contribution in [0.3, 0.4) is 0 Å². The highest BCUT2D eigenvalue weighted by Crippen LogP contribution is 2.15. The number of benzene rings is 1. The molecule has 0 aliphatic rings. The second kappa shape index (κ2) is 8.90. The second-order valence-corrected chi connectivity index (χ2v) is 6.19. The normalized spacial score (nSPS) is 10.7. The summed E-state index contributed by atoms with van der Waals surface area (Å²) in [5.41, 5.74) is 0.825. The first-order chi connectivity index (χ1) is 11.2. The molecule has 7 heteroatoms. The highest BCUT2D eigenvalue weighted by molar-refractivity contribution is 5.91. The third-order valence-electron chi connectivity index (χ3n) is 2.88. The lowest BCUT2D eigenvalue weighted by atomic mass is 10.1. The van der Waals surface area contributed by atoms with E-state index in [-0.39, 0.29) is 24.9 Å². The lowest BCUT2D eigenvalue weighted by Gasteiger charge is -2.19. The molecule has 7 nitrogen and oxygen atoms in total. The molecule has 1 aromatic carbocycles. The molecule has 3 N–H and O–H groups in total. The SMILES string of the molecule is CCC(=O)Nc1ccccc1CNC(=O)CNC(=O)OC(C)(C)C. The van der Waals surface area contributed by atoms with Crippen LogP contribution in [0.1, 0.15) is 39.7 Å². The van der Waals surface area contributed by atoms with Crippen molar-refractivity contribution in [2.45, 2.75) is 46.3 Å². The van der Waals surface area contributed by atoms with Gasteiger partial charge in [0.1, 0.15) is 12.1 Å². The molecule has 0 saturated carbocycles. The van der Waals surface area contributed by atoms with Crippen LogP contribution in [0.25, 0.3) is 0 Å². The first-order valence-electron chi connectivity index (χ1n) is 7.82. The van der Waals surface area contributed by atoms with Crippen molar-refractivity contribution in [1.82, 2.24) is 10.6 Å². The molecule has 24 heavy (non-hydrogen) atoms. The van der Waals surface area contributed by atoms with E-state index in [1.54, 1.807) is 39.8 Å². The molecular weight excluding hydrogens is 310 g/mol. The number of alkyl carbamates (subject to hydrolysis) is 1. The lowest BCUT2D eigenvalue weighted by Crippen LogP contribution is -2.39. The number of hydrogen-bond acceptors (Lipinski definition) is 4. The van der Waals surface area contributed by atoms with Crippen LogP contribution >= 0.6 is 0 Å². The Labute approximate surface area is 142 Å². The van der Waals surface area contributed by atoms with Crippen molar-refractivity contribution in [3.05, 3.63) is 29.8 Å². The van der Waals surface area contributed by atoms with Crippen molar-refractivity contribution in [3.8, 4) is 0 Å². The van der Waals surface area contributed by atoms with E-state index < -0.39 is 11.7 Å². The monoisotopic (exact) mass is 335 g/mol. The summed E-state index contributed by atoms with van der Waals surface area (Å²) in [4.78, 5) is 34.8. The Morgan fingerprint density at radius 3 is 2.33 bits per heavy atom. The summed E-state index contributed by atoms with van der Waals surface area (Å²) >= 11 is 0. The molecule has 0 saturated heterocycles. The zero-order chi connectivity index (χ0) is 18.2. The number of carbonyl (C=O) groups is 3. The van der Waals surface area contributed by atoms with Gasteiger partial charge in [-0.25, -0.2) is 4.79 Å². The predicted octanol–water partition coefficient (Wildman–Crippen LogP) is 2.18. The maximum atomic E-state index is 11.8. The fraction of sp³-hybridized carbons (Fsp3) is 0.471. The fourth-order valence-electron chi connectivity index (χ4n) is 1.76. The number of nitrogens with one attached hydrogen (secondary N) is 3. The number of anilines is 1. The molecule has 0 aromatic heterocycles. The number of carbonyl (C=O) groups excluding carboxylic acids is 3. The molecule has 1 aromatic rings. The van der Waals surface area contributed by atoms with Crippen molar-refractivity contribution in [2.24, 2.45) is 0 Å². The van der Waals surface area contributed by atoms with E-state index in [1.807, 2.05) is 12.1 Å². The van der Waals surface area contributed by atoms with Crippen molar-refractivity contribution in [2.75, 3.05) is 11.9 Å². The Bertz CT molecular complexity index is 594. The fourth-order valence-corrected chi connectivity index (χ4v) is 1.76. The van der Waals surface area contributed by atoms with Crippen LogP contribution < -0.4 is 16.0 Å². The summed E-state index contributed by atoms with van der Waals surface area (Å²) in [7, 11) is 0. The van der Waals surface area contributed by atoms with Gasteiger partial charge in [-0.15, -0.1) is 0 Å². The van der Waals surface area contributed by atoms with Gasteiger partial charge in [-0.05, 0) is 32.4 Å². The van der Waals surface area contributed by atoms with Crippen LogP contribution in [0.2, 0.25) is 0 Å². The number of hydrogen-bond donors (Lipinski definition) is 3. The average molecular weight is 335 g/mol. The van der Waals surface area contributed by atoms with Crippen molar-refractivity contribution >= 4 is 23.6 Å². The van der Waals surface area contributed by atoms with E-state index >= 15 is 0 Å². The molecule has 0 radical (unpaired) electrons. The summed E-state index contributed by atoms with van der Waals surface area (Å²) in [6.07, 6.45) is -0.270. The molecule has 0 spiro atoms. The Hall–Kier alpha value is -2.57. The van der Waals surface area contributed by atoms with E-state index in [1.165, 1.54) is 0 Å². The molecule has 0 aliphatic heterocycles. The Morgan fingerprint density at radius 1 is 1.04 bits per heavy atom. The summed E-state index contributed by atoms with van der Waals surface area (Å²) in [6, 6.07) is 7.21. The number of ether oxygens (including phenoxy) is 1. The van der Waals surface area contributed by atoms with Gasteiger partial charge in [0.05, 0.1) is 0 Å². The number of para-hydroxylation sites is 1. The smallest absolute Gasteiger partial charge is 0.408 e. The van der Waals surface area contributed by atoms with Gasteiger partial charge in [0, 0.05) is 18.7 Å². The van der Waals surface area contributed by atoms with Crippen LogP contribution in [-0.4, -0.2) is 30.1 Å². The molecular formula is C17H25N3O4. The van der Waals surface area contributed by atoms with Crippen molar-refractivity contribution in [3.63, 3.8) is 0 Å². The maximum Gasteiger partial charge on any atom is 0.408 e. The quantitative estimate of drug-likeness (QED) is 0.742. The maximum absolute atomic E-state index is 11.8. The minimum atomic E-state index is -0.645. The molecule has 0 fully saturated rings. The predicted molar refractivity (Wildman–Crippen MR) is 91.4 cm³/mol. The Kier molecular flexibility index (Phi) is 7.23. The molecule has 0 bridgehead atoms. The first-order valence-corrected chi connectivity index (χ1v) is 7.82. The molecule has 0 aliphatic carbocycles. The molecule has 0 heterocycles. The van der Waals surface area contributed by atoms with Crippen LogP contribution in [0, 0.1) is 0 Å². The van der Waals surface area contributed by atoms with Gasteiger partial charge in [0.15, 0.2) is 0 Å². The highest BCUT2D eigenvalue weighted by Gasteiger charge is 2.16. The van der Waals surface area contributed by atoms with E-state index in [0.717, 1.165) is 5.56 Å². The minimum Gasteiger partial charge on any atom is -0.444 e. The summed E-state index contributed by atoms with van der Waals surface area (Å²) in [5, 5.41) is 7.86.